The highest BCUT2D eigenvalue weighted by Crippen LogP contribution is 2.52. The lowest BCUT2D eigenvalue weighted by atomic mass is 9.79. The molecule has 0 aromatic carbocycles. The summed E-state index contributed by atoms with van der Waals surface area (Å²) in [6, 6.07) is 0. The summed E-state index contributed by atoms with van der Waals surface area (Å²) in [7, 11) is 0. The first kappa shape index (κ1) is 18.1. The van der Waals surface area contributed by atoms with Crippen LogP contribution in [0.2, 0.25) is 0 Å². The Kier molecular flexibility index (Phi) is 4.77. The molecule has 1 aliphatic heterocycles. The van der Waals surface area contributed by atoms with Gasteiger partial charge in [0.15, 0.2) is 0 Å². The van der Waals surface area contributed by atoms with Crippen LogP contribution in [0.1, 0.15) is 26.7 Å². The molecule has 0 aromatic rings. The zero-order chi connectivity index (χ0) is 18.5. The van der Waals surface area contributed by atoms with Crippen molar-refractivity contribution in [3.8, 4) is 0 Å². The standard InChI is InChI=1S/C19H26O6/c1-8-5-14(24-18(22)9(2)7-20)16-11(4)19(23)25-17(16)15-10(3)13(21)6-12(8)15/h9,11-17,20-21H,1,3,5-7H2,2,4H3/t9-,11-,12-,13-,14-,15-,16+,17+/m0/s1. The molecule has 138 valence electrons. The summed E-state index contributed by atoms with van der Waals surface area (Å²) in [5.41, 5.74) is 1.55. The first-order valence-corrected chi connectivity index (χ1v) is 8.82. The fourth-order valence-electron chi connectivity index (χ4n) is 4.49. The third kappa shape index (κ3) is 2.91. The first-order chi connectivity index (χ1) is 11.8. The van der Waals surface area contributed by atoms with Crippen LogP contribution in [0.3, 0.4) is 0 Å². The Bertz CT molecular complexity index is 611. The van der Waals surface area contributed by atoms with Gasteiger partial charge in [0, 0.05) is 18.3 Å². The molecule has 0 radical (unpaired) electrons. The molecule has 1 saturated heterocycles. The molecule has 6 nitrogen and oxygen atoms in total. The molecule has 3 fully saturated rings. The van der Waals surface area contributed by atoms with Crippen LogP contribution in [-0.4, -0.2) is 47.1 Å². The highest BCUT2D eigenvalue weighted by molar-refractivity contribution is 5.76. The lowest BCUT2D eigenvalue weighted by molar-refractivity contribution is -0.159. The van der Waals surface area contributed by atoms with E-state index >= 15 is 0 Å². The van der Waals surface area contributed by atoms with Gasteiger partial charge in [-0.2, -0.15) is 0 Å². The van der Waals surface area contributed by atoms with Gasteiger partial charge >= 0.3 is 11.9 Å². The number of carbonyl (C=O) groups excluding carboxylic acids is 2. The molecule has 0 bridgehead atoms. The number of hydrogen-bond acceptors (Lipinski definition) is 6. The quantitative estimate of drug-likeness (QED) is 0.587. The van der Waals surface area contributed by atoms with E-state index in [1.165, 1.54) is 0 Å². The number of aliphatic hydroxyl groups excluding tert-OH is 2. The second kappa shape index (κ2) is 6.57. The molecule has 3 rings (SSSR count). The van der Waals surface area contributed by atoms with Crippen molar-refractivity contribution in [3.05, 3.63) is 24.3 Å². The maximum Gasteiger partial charge on any atom is 0.311 e. The summed E-state index contributed by atoms with van der Waals surface area (Å²) in [4.78, 5) is 24.4. The maximum atomic E-state index is 12.2. The zero-order valence-electron chi connectivity index (χ0n) is 14.7. The molecule has 0 unspecified atom stereocenters. The molecule has 2 aliphatic carbocycles. The van der Waals surface area contributed by atoms with Crippen LogP contribution in [0.5, 0.6) is 0 Å². The van der Waals surface area contributed by atoms with Crippen LogP contribution < -0.4 is 0 Å². The number of hydrogen-bond donors (Lipinski definition) is 2. The van der Waals surface area contributed by atoms with Crippen LogP contribution in [0.25, 0.3) is 0 Å². The van der Waals surface area contributed by atoms with Crippen molar-refractivity contribution in [1.82, 2.24) is 0 Å². The van der Waals surface area contributed by atoms with E-state index in [4.69, 9.17) is 9.47 Å². The molecule has 3 aliphatic rings. The minimum atomic E-state index is -0.629. The van der Waals surface area contributed by atoms with Crippen LogP contribution in [0, 0.1) is 29.6 Å². The molecule has 0 spiro atoms. The predicted octanol–water partition coefficient (Wildman–Crippen LogP) is 1.22. The molecule has 8 atom stereocenters. The Labute approximate surface area is 147 Å². The van der Waals surface area contributed by atoms with Gasteiger partial charge in [0.1, 0.15) is 12.2 Å². The highest BCUT2D eigenvalue weighted by atomic mass is 16.6. The first-order valence-electron chi connectivity index (χ1n) is 8.82. The van der Waals surface area contributed by atoms with Gasteiger partial charge in [-0.3, -0.25) is 9.59 Å². The van der Waals surface area contributed by atoms with Crippen molar-refractivity contribution < 1.29 is 29.3 Å². The minimum Gasteiger partial charge on any atom is -0.461 e. The normalized spacial score (nSPS) is 41.6. The third-order valence-electron chi connectivity index (χ3n) is 6.06. The number of ether oxygens (including phenoxy) is 2. The predicted molar refractivity (Wildman–Crippen MR) is 89.2 cm³/mol. The van der Waals surface area contributed by atoms with Crippen LogP contribution in [0.4, 0.5) is 0 Å². The number of carbonyl (C=O) groups is 2. The van der Waals surface area contributed by atoms with E-state index in [-0.39, 0.29) is 30.3 Å². The van der Waals surface area contributed by atoms with E-state index in [0.29, 0.717) is 18.4 Å². The fraction of sp³-hybridized carbons (Fsp3) is 0.684. The van der Waals surface area contributed by atoms with Gasteiger partial charge in [-0.1, -0.05) is 25.7 Å². The average molecular weight is 350 g/mol. The number of fused-ring (bicyclic) bond motifs is 3. The summed E-state index contributed by atoms with van der Waals surface area (Å²) in [6.45, 7) is 11.2. The third-order valence-corrected chi connectivity index (χ3v) is 6.06. The van der Waals surface area contributed by atoms with Gasteiger partial charge in [-0.05, 0) is 24.8 Å². The molecule has 2 saturated carbocycles. The fourth-order valence-corrected chi connectivity index (χ4v) is 4.49. The van der Waals surface area contributed by atoms with E-state index in [2.05, 4.69) is 13.2 Å². The van der Waals surface area contributed by atoms with E-state index in [0.717, 1.165) is 5.57 Å². The summed E-state index contributed by atoms with van der Waals surface area (Å²) < 4.78 is 11.3. The molecular weight excluding hydrogens is 324 g/mol. The second-order valence-corrected chi connectivity index (χ2v) is 7.65. The topological polar surface area (TPSA) is 93.1 Å². The minimum absolute atomic E-state index is 0.0351. The molecular formula is C19H26O6. The van der Waals surface area contributed by atoms with Crippen molar-refractivity contribution in [2.75, 3.05) is 6.61 Å². The van der Waals surface area contributed by atoms with E-state index in [1.807, 2.05) is 0 Å². The molecule has 0 aromatic heterocycles. The Balaban J connectivity index is 1.94. The van der Waals surface area contributed by atoms with Crippen molar-refractivity contribution in [2.45, 2.75) is 45.0 Å². The Morgan fingerprint density at radius 3 is 2.76 bits per heavy atom. The zero-order valence-corrected chi connectivity index (χ0v) is 14.7. The van der Waals surface area contributed by atoms with Gasteiger partial charge in [0.05, 0.1) is 24.5 Å². The summed E-state index contributed by atoms with van der Waals surface area (Å²) >= 11 is 0. The Morgan fingerprint density at radius 2 is 2.12 bits per heavy atom. The number of aliphatic hydroxyl groups is 2. The van der Waals surface area contributed by atoms with Gasteiger partial charge in [-0.25, -0.2) is 0 Å². The lowest BCUT2D eigenvalue weighted by Gasteiger charge is -2.30. The Morgan fingerprint density at radius 1 is 1.44 bits per heavy atom. The smallest absolute Gasteiger partial charge is 0.311 e. The van der Waals surface area contributed by atoms with Gasteiger partial charge in [0.25, 0.3) is 0 Å². The van der Waals surface area contributed by atoms with E-state index in [1.54, 1.807) is 13.8 Å². The van der Waals surface area contributed by atoms with Crippen LogP contribution in [0.15, 0.2) is 24.3 Å². The largest absolute Gasteiger partial charge is 0.461 e. The summed E-state index contributed by atoms with van der Waals surface area (Å²) in [5, 5.41) is 19.4. The van der Waals surface area contributed by atoms with Gasteiger partial charge in [0.2, 0.25) is 0 Å². The molecule has 25 heavy (non-hydrogen) atoms. The van der Waals surface area contributed by atoms with Crippen molar-refractivity contribution in [3.63, 3.8) is 0 Å². The van der Waals surface area contributed by atoms with Gasteiger partial charge in [-0.15, -0.1) is 0 Å². The summed E-state index contributed by atoms with van der Waals surface area (Å²) in [5.74, 6) is -2.38. The van der Waals surface area contributed by atoms with Crippen LogP contribution >= 0.6 is 0 Å². The van der Waals surface area contributed by atoms with Crippen molar-refractivity contribution >= 4 is 11.9 Å². The monoisotopic (exact) mass is 350 g/mol. The second-order valence-electron chi connectivity index (χ2n) is 7.65. The summed E-state index contributed by atoms with van der Waals surface area (Å²) in [6.07, 6.45) is -0.705. The highest BCUT2D eigenvalue weighted by Gasteiger charge is 2.57. The molecule has 0 amide bonds. The SMILES string of the molecule is C=C1[C@@H]2[C@H]3OC(=O)[C@@H](C)[C@@H]3[C@@H](OC(=O)[C@@H](C)CO)CC(=C)[C@@H]2C[C@@H]1O. The van der Waals surface area contributed by atoms with Crippen molar-refractivity contribution in [2.24, 2.45) is 29.6 Å². The van der Waals surface area contributed by atoms with Crippen LogP contribution in [-0.2, 0) is 19.1 Å². The maximum absolute atomic E-state index is 12.2. The molecule has 6 heteroatoms. The lowest BCUT2D eigenvalue weighted by Crippen LogP contribution is -2.39. The van der Waals surface area contributed by atoms with E-state index in [9.17, 15) is 19.8 Å². The molecule has 1 heterocycles. The van der Waals surface area contributed by atoms with Crippen molar-refractivity contribution in [1.29, 1.82) is 0 Å². The average Bonchev–Trinajstić information content (AvgIpc) is 2.99. The van der Waals surface area contributed by atoms with Gasteiger partial charge < -0.3 is 19.7 Å². The number of rotatable bonds is 3. The number of esters is 2. The molecule has 2 N–H and O–H groups in total. The van der Waals surface area contributed by atoms with E-state index < -0.39 is 36.1 Å². The Hall–Kier alpha value is -1.66.